The first-order chi connectivity index (χ1) is 6.22. The van der Waals surface area contributed by atoms with Crippen LogP contribution in [0.1, 0.15) is 18.5 Å². The number of hydrogen-bond acceptors (Lipinski definition) is 2. The van der Waals surface area contributed by atoms with Crippen molar-refractivity contribution in [3.63, 3.8) is 0 Å². The van der Waals surface area contributed by atoms with Gasteiger partial charge >= 0.3 is 0 Å². The van der Waals surface area contributed by atoms with Crippen LogP contribution in [0.15, 0.2) is 18.2 Å². The number of nitrogens with one attached hydrogen (secondary N) is 1. The average Bonchev–Trinajstić information content (AvgIpc) is 2.39. The van der Waals surface area contributed by atoms with E-state index in [2.05, 4.69) is 12.2 Å². The predicted octanol–water partition coefficient (Wildman–Crippen LogP) is 2.38. The first-order valence-corrected chi connectivity index (χ1v) is 4.73. The van der Waals surface area contributed by atoms with Gasteiger partial charge < -0.3 is 10.1 Å². The summed E-state index contributed by atoms with van der Waals surface area (Å²) in [6, 6.07) is 6.06. The molecule has 0 amide bonds. The van der Waals surface area contributed by atoms with E-state index in [-0.39, 0.29) is 12.1 Å². The third kappa shape index (κ3) is 1.40. The molecule has 0 fully saturated rings. The van der Waals surface area contributed by atoms with Crippen LogP contribution in [-0.2, 0) is 0 Å². The lowest BCUT2D eigenvalue weighted by molar-refractivity contribution is 0.214. The lowest BCUT2D eigenvalue weighted by Gasteiger charge is -2.12. The summed E-state index contributed by atoms with van der Waals surface area (Å²) in [5, 5.41) is 3.95. The van der Waals surface area contributed by atoms with Crippen LogP contribution in [0.5, 0.6) is 5.75 Å². The molecule has 1 heterocycles. The minimum atomic E-state index is 0.179. The van der Waals surface area contributed by atoms with Crippen molar-refractivity contribution in [3.8, 4) is 5.75 Å². The maximum absolute atomic E-state index is 5.86. The van der Waals surface area contributed by atoms with Crippen molar-refractivity contribution in [2.24, 2.45) is 0 Å². The second-order valence-corrected chi connectivity index (χ2v) is 3.71. The molecule has 1 aliphatic rings. The predicted molar refractivity (Wildman–Crippen MR) is 53.3 cm³/mol. The summed E-state index contributed by atoms with van der Waals surface area (Å²) in [4.78, 5) is 0. The molecule has 2 nitrogen and oxygen atoms in total. The minimum Gasteiger partial charge on any atom is -0.488 e. The second-order valence-electron chi connectivity index (χ2n) is 3.27. The summed E-state index contributed by atoms with van der Waals surface area (Å²) >= 11 is 5.86. The molecule has 0 spiro atoms. The van der Waals surface area contributed by atoms with Crippen molar-refractivity contribution in [2.45, 2.75) is 19.1 Å². The molecule has 0 aromatic heterocycles. The van der Waals surface area contributed by atoms with Gasteiger partial charge in [-0.25, -0.2) is 0 Å². The van der Waals surface area contributed by atoms with Crippen molar-refractivity contribution < 1.29 is 4.74 Å². The standard InChI is InChI=1S/C10H12ClNO/c1-6-10(12-2)8-4-3-7(11)5-9(8)13-6/h3-6,10,12H,1-2H3. The number of rotatable bonds is 1. The van der Waals surface area contributed by atoms with Gasteiger partial charge in [-0.1, -0.05) is 17.7 Å². The van der Waals surface area contributed by atoms with Gasteiger partial charge in [0.1, 0.15) is 11.9 Å². The fourth-order valence-electron chi connectivity index (χ4n) is 1.78. The Morgan fingerprint density at radius 1 is 1.46 bits per heavy atom. The summed E-state index contributed by atoms with van der Waals surface area (Å²) in [5.41, 5.74) is 1.19. The number of ether oxygens (including phenoxy) is 1. The zero-order valence-corrected chi connectivity index (χ0v) is 8.43. The van der Waals surface area contributed by atoms with Crippen LogP contribution in [0.2, 0.25) is 5.02 Å². The Morgan fingerprint density at radius 2 is 2.23 bits per heavy atom. The topological polar surface area (TPSA) is 21.3 Å². The number of halogens is 1. The maximum Gasteiger partial charge on any atom is 0.126 e. The normalized spacial score (nSPS) is 25.5. The Balaban J connectivity index is 2.42. The van der Waals surface area contributed by atoms with Crippen molar-refractivity contribution >= 4 is 11.6 Å². The van der Waals surface area contributed by atoms with E-state index in [0.717, 1.165) is 10.8 Å². The number of benzene rings is 1. The largest absolute Gasteiger partial charge is 0.488 e. The highest BCUT2D eigenvalue weighted by Gasteiger charge is 2.29. The molecule has 3 heteroatoms. The van der Waals surface area contributed by atoms with Crippen molar-refractivity contribution in [1.29, 1.82) is 0 Å². The Hall–Kier alpha value is -0.730. The van der Waals surface area contributed by atoms with Crippen LogP contribution in [0.4, 0.5) is 0 Å². The van der Waals surface area contributed by atoms with Crippen molar-refractivity contribution in [2.75, 3.05) is 7.05 Å². The molecule has 0 bridgehead atoms. The van der Waals surface area contributed by atoms with E-state index in [0.29, 0.717) is 0 Å². The number of hydrogen-bond donors (Lipinski definition) is 1. The van der Waals surface area contributed by atoms with Gasteiger partial charge in [0.2, 0.25) is 0 Å². The molecular formula is C10H12ClNO. The Morgan fingerprint density at radius 3 is 2.92 bits per heavy atom. The summed E-state index contributed by atoms with van der Waals surface area (Å²) in [6.45, 7) is 2.05. The van der Waals surface area contributed by atoms with Crippen LogP contribution in [0, 0.1) is 0 Å². The zero-order valence-electron chi connectivity index (χ0n) is 7.67. The van der Waals surface area contributed by atoms with E-state index in [1.807, 2.05) is 25.2 Å². The van der Waals surface area contributed by atoms with Crippen LogP contribution < -0.4 is 10.1 Å². The molecule has 0 aliphatic carbocycles. The molecule has 2 unspecified atom stereocenters. The number of likely N-dealkylation sites (N-methyl/N-ethyl adjacent to an activating group) is 1. The zero-order chi connectivity index (χ0) is 9.42. The van der Waals surface area contributed by atoms with Gasteiger partial charge in [0, 0.05) is 10.6 Å². The van der Waals surface area contributed by atoms with E-state index in [9.17, 15) is 0 Å². The molecule has 70 valence electrons. The summed E-state index contributed by atoms with van der Waals surface area (Å²) < 4.78 is 5.64. The van der Waals surface area contributed by atoms with Gasteiger partial charge in [0.05, 0.1) is 6.04 Å². The van der Waals surface area contributed by atoms with Gasteiger partial charge in [-0.05, 0) is 26.1 Å². The van der Waals surface area contributed by atoms with Crippen LogP contribution in [0.25, 0.3) is 0 Å². The molecule has 2 rings (SSSR count). The third-order valence-corrected chi connectivity index (χ3v) is 2.64. The van der Waals surface area contributed by atoms with Gasteiger partial charge in [0.15, 0.2) is 0 Å². The maximum atomic E-state index is 5.86. The molecule has 1 N–H and O–H groups in total. The van der Waals surface area contributed by atoms with Crippen LogP contribution in [0.3, 0.4) is 0 Å². The van der Waals surface area contributed by atoms with E-state index in [1.54, 1.807) is 0 Å². The quantitative estimate of drug-likeness (QED) is 0.747. The monoisotopic (exact) mass is 197 g/mol. The summed E-state index contributed by atoms with van der Waals surface area (Å²) in [7, 11) is 1.94. The molecule has 0 saturated heterocycles. The highest BCUT2D eigenvalue weighted by atomic mass is 35.5. The van der Waals surface area contributed by atoms with Gasteiger partial charge in [-0.15, -0.1) is 0 Å². The Bertz CT molecular complexity index is 327. The molecule has 2 atom stereocenters. The SMILES string of the molecule is CNC1c2ccc(Cl)cc2OC1C. The first-order valence-electron chi connectivity index (χ1n) is 4.35. The molecule has 0 radical (unpaired) electrons. The molecule has 1 aliphatic heterocycles. The summed E-state index contributed by atoms with van der Waals surface area (Å²) in [6.07, 6.45) is 0.179. The highest BCUT2D eigenvalue weighted by molar-refractivity contribution is 6.30. The highest BCUT2D eigenvalue weighted by Crippen LogP contribution is 2.37. The average molecular weight is 198 g/mol. The van der Waals surface area contributed by atoms with E-state index in [4.69, 9.17) is 16.3 Å². The fraction of sp³-hybridized carbons (Fsp3) is 0.400. The van der Waals surface area contributed by atoms with Crippen LogP contribution >= 0.6 is 11.6 Å². The Kier molecular flexibility index (Phi) is 2.18. The third-order valence-electron chi connectivity index (χ3n) is 2.40. The van der Waals surface area contributed by atoms with Gasteiger partial charge in [-0.2, -0.15) is 0 Å². The minimum absolute atomic E-state index is 0.179. The molecule has 1 aromatic rings. The molecule has 0 saturated carbocycles. The lowest BCUT2D eigenvalue weighted by Crippen LogP contribution is -2.25. The van der Waals surface area contributed by atoms with E-state index >= 15 is 0 Å². The second kappa shape index (κ2) is 3.20. The first kappa shape index (κ1) is 8.85. The van der Waals surface area contributed by atoms with E-state index in [1.165, 1.54) is 5.56 Å². The molecule has 13 heavy (non-hydrogen) atoms. The Labute approximate surface area is 82.9 Å². The van der Waals surface area contributed by atoms with Gasteiger partial charge in [0.25, 0.3) is 0 Å². The summed E-state index contributed by atoms with van der Waals surface area (Å²) in [5.74, 6) is 0.902. The fourth-order valence-corrected chi connectivity index (χ4v) is 1.94. The lowest BCUT2D eigenvalue weighted by atomic mass is 10.1. The molecule has 1 aromatic carbocycles. The van der Waals surface area contributed by atoms with Crippen molar-refractivity contribution in [1.82, 2.24) is 5.32 Å². The molecular weight excluding hydrogens is 186 g/mol. The smallest absolute Gasteiger partial charge is 0.126 e. The van der Waals surface area contributed by atoms with Gasteiger partial charge in [-0.3, -0.25) is 0 Å². The van der Waals surface area contributed by atoms with Crippen molar-refractivity contribution in [3.05, 3.63) is 28.8 Å². The van der Waals surface area contributed by atoms with E-state index < -0.39 is 0 Å². The van der Waals surface area contributed by atoms with Crippen LogP contribution in [-0.4, -0.2) is 13.2 Å². The number of fused-ring (bicyclic) bond motifs is 1.